The molecule has 1 aliphatic rings. The molecule has 0 aromatic rings. The first-order chi connectivity index (χ1) is 12.5. The predicted octanol–water partition coefficient (Wildman–Crippen LogP) is 2.07. The number of aliphatic hydroxyl groups is 1. The largest absolute Gasteiger partial charge is 0.469 e. The normalized spacial score (nSPS) is 21.8. The summed E-state index contributed by atoms with van der Waals surface area (Å²) in [6.45, 7) is 12.6. The van der Waals surface area contributed by atoms with Crippen molar-refractivity contribution < 1.29 is 18.8 Å². The molecule has 6 nitrogen and oxygen atoms in total. The summed E-state index contributed by atoms with van der Waals surface area (Å²) in [4.78, 5) is 13.6. The lowest BCUT2D eigenvalue weighted by molar-refractivity contribution is -0.140. The number of ether oxygens (including phenoxy) is 1. The van der Waals surface area contributed by atoms with Gasteiger partial charge in [-0.1, -0.05) is 13.3 Å². The van der Waals surface area contributed by atoms with E-state index in [0.717, 1.165) is 32.2 Å². The molecule has 160 valence electrons. The highest BCUT2D eigenvalue weighted by molar-refractivity contribution is 7.85. The Hall–Kier alpha value is -0.500. The lowest BCUT2D eigenvalue weighted by atomic mass is 9.79. The van der Waals surface area contributed by atoms with E-state index in [1.807, 2.05) is 0 Å². The molecule has 2 unspecified atom stereocenters. The van der Waals surface area contributed by atoms with Gasteiger partial charge in [0.25, 0.3) is 0 Å². The number of aliphatic hydroxyl groups excluding tert-OH is 1. The Kier molecular flexibility index (Phi) is 9.89. The zero-order valence-corrected chi connectivity index (χ0v) is 18.9. The van der Waals surface area contributed by atoms with Crippen molar-refractivity contribution in [3.63, 3.8) is 0 Å². The maximum Gasteiger partial charge on any atom is 0.306 e. The number of hydrogen-bond donors (Lipinski definition) is 2. The highest BCUT2D eigenvalue weighted by Crippen LogP contribution is 2.31. The molecule has 27 heavy (non-hydrogen) atoms. The molecule has 1 aliphatic heterocycles. The van der Waals surface area contributed by atoms with Gasteiger partial charge in [-0.25, -0.2) is 0 Å². The summed E-state index contributed by atoms with van der Waals surface area (Å²) >= 11 is 0. The molecule has 2 atom stereocenters. The van der Waals surface area contributed by atoms with Crippen molar-refractivity contribution in [2.45, 2.75) is 89.9 Å². The Morgan fingerprint density at radius 1 is 1.30 bits per heavy atom. The molecule has 0 aromatic heterocycles. The number of carbonyl (C=O) groups excluding carboxylic acids is 1. The molecule has 0 aliphatic carbocycles. The molecule has 0 saturated carbocycles. The Bertz CT molecular complexity index is 480. The summed E-state index contributed by atoms with van der Waals surface area (Å²) in [5, 5.41) is 14.2. The van der Waals surface area contributed by atoms with Gasteiger partial charge in [0.2, 0.25) is 0 Å². The van der Waals surface area contributed by atoms with Gasteiger partial charge in [-0.2, -0.15) is 0 Å². The van der Waals surface area contributed by atoms with Gasteiger partial charge in [-0.3, -0.25) is 13.9 Å². The minimum Gasteiger partial charge on any atom is -0.469 e. The second-order valence-corrected chi connectivity index (χ2v) is 10.7. The molecule has 0 bridgehead atoms. The third-order valence-corrected chi connectivity index (χ3v) is 6.49. The first kappa shape index (κ1) is 24.5. The van der Waals surface area contributed by atoms with Crippen LogP contribution in [-0.4, -0.2) is 75.1 Å². The average Bonchev–Trinajstić information content (AvgIpc) is 2.53. The number of methoxy groups -OCH3 is 1. The second-order valence-electron chi connectivity index (χ2n) is 9.09. The van der Waals surface area contributed by atoms with Gasteiger partial charge in [0, 0.05) is 40.2 Å². The zero-order chi connectivity index (χ0) is 20.7. The van der Waals surface area contributed by atoms with Crippen molar-refractivity contribution in [3.8, 4) is 0 Å². The van der Waals surface area contributed by atoms with Crippen LogP contribution in [0.5, 0.6) is 0 Å². The fraction of sp³-hybridized carbons (Fsp3) is 0.950. The average molecular weight is 405 g/mol. The third-order valence-electron chi connectivity index (χ3n) is 5.07. The van der Waals surface area contributed by atoms with Crippen LogP contribution < -0.4 is 5.32 Å². The van der Waals surface area contributed by atoms with E-state index in [4.69, 9.17) is 0 Å². The van der Waals surface area contributed by atoms with E-state index < -0.39 is 16.9 Å². The molecular weight excluding hydrogens is 364 g/mol. The first-order valence-electron chi connectivity index (χ1n) is 10.1. The van der Waals surface area contributed by atoms with Crippen molar-refractivity contribution in [3.05, 3.63) is 0 Å². The van der Waals surface area contributed by atoms with Crippen molar-refractivity contribution in [2.75, 3.05) is 31.7 Å². The van der Waals surface area contributed by atoms with Crippen LogP contribution in [-0.2, 0) is 20.3 Å². The van der Waals surface area contributed by atoms with Gasteiger partial charge < -0.3 is 15.2 Å². The molecule has 2 N–H and O–H groups in total. The fourth-order valence-electron chi connectivity index (χ4n) is 4.23. The lowest BCUT2D eigenvalue weighted by Gasteiger charge is -2.50. The molecule has 0 aromatic carbocycles. The van der Waals surface area contributed by atoms with Crippen LogP contribution in [0.1, 0.15) is 66.7 Å². The first-order valence-corrected chi connectivity index (χ1v) is 11.6. The van der Waals surface area contributed by atoms with E-state index in [0.29, 0.717) is 12.6 Å². The number of carbonyl (C=O) groups is 1. The predicted molar refractivity (Wildman–Crippen MR) is 111 cm³/mol. The molecule has 1 heterocycles. The zero-order valence-electron chi connectivity index (χ0n) is 18.0. The SMILES string of the molecule is CCCCN(CC(O)CS(=O)CCC(=O)OC)C1CC(C)(C)NC(C)(C)C1. The smallest absolute Gasteiger partial charge is 0.306 e. The van der Waals surface area contributed by atoms with E-state index in [1.165, 1.54) is 7.11 Å². The summed E-state index contributed by atoms with van der Waals surface area (Å²) in [6.07, 6.45) is 3.72. The minimum absolute atomic E-state index is 0.0468. The number of hydrogen-bond acceptors (Lipinski definition) is 6. The van der Waals surface area contributed by atoms with E-state index >= 15 is 0 Å². The third kappa shape index (κ3) is 9.50. The van der Waals surface area contributed by atoms with Gasteiger partial charge in [0.05, 0.1) is 25.4 Å². The Labute approximate surface area is 167 Å². The van der Waals surface area contributed by atoms with Crippen LogP contribution in [0.2, 0.25) is 0 Å². The van der Waals surface area contributed by atoms with Crippen LogP contribution in [0.25, 0.3) is 0 Å². The Balaban J connectivity index is 2.68. The fourth-order valence-corrected chi connectivity index (χ4v) is 5.33. The maximum atomic E-state index is 12.2. The minimum atomic E-state index is -1.22. The number of esters is 1. The maximum absolute atomic E-state index is 12.2. The topological polar surface area (TPSA) is 78.9 Å². The molecule has 1 rings (SSSR count). The summed E-state index contributed by atoms with van der Waals surface area (Å²) < 4.78 is 16.7. The molecule has 7 heteroatoms. The number of rotatable bonds is 11. The van der Waals surface area contributed by atoms with E-state index in [2.05, 4.69) is 49.6 Å². The number of nitrogens with one attached hydrogen (secondary N) is 1. The quantitative estimate of drug-likeness (QED) is 0.513. The molecule has 0 amide bonds. The van der Waals surface area contributed by atoms with Gasteiger partial charge in [-0.05, 0) is 53.5 Å². The number of piperidine rings is 1. The van der Waals surface area contributed by atoms with Crippen LogP contribution in [0.4, 0.5) is 0 Å². The van der Waals surface area contributed by atoms with Gasteiger partial charge in [-0.15, -0.1) is 0 Å². The molecule has 0 spiro atoms. The van der Waals surface area contributed by atoms with Crippen LogP contribution in [0, 0.1) is 0 Å². The van der Waals surface area contributed by atoms with E-state index in [-0.39, 0.29) is 35.0 Å². The standard InChI is InChI=1S/C20H40N2O4S/c1-7-8-10-22(16-12-19(2,3)21-20(4,5)13-16)14-17(23)15-27(25)11-9-18(24)26-6/h16-17,21,23H,7-15H2,1-6H3. The van der Waals surface area contributed by atoms with Crippen molar-refractivity contribution in [1.29, 1.82) is 0 Å². The monoisotopic (exact) mass is 404 g/mol. The van der Waals surface area contributed by atoms with E-state index in [1.54, 1.807) is 0 Å². The van der Waals surface area contributed by atoms with Crippen molar-refractivity contribution >= 4 is 16.8 Å². The van der Waals surface area contributed by atoms with Crippen LogP contribution in [0.15, 0.2) is 0 Å². The summed E-state index contributed by atoms with van der Waals surface area (Å²) in [6, 6.07) is 0.390. The van der Waals surface area contributed by atoms with Gasteiger partial charge >= 0.3 is 5.97 Å². The molecule has 1 fully saturated rings. The molecular formula is C20H40N2O4S. The molecule has 0 radical (unpaired) electrons. The van der Waals surface area contributed by atoms with E-state index in [9.17, 15) is 14.1 Å². The van der Waals surface area contributed by atoms with Crippen LogP contribution >= 0.6 is 0 Å². The summed E-state index contributed by atoms with van der Waals surface area (Å²) in [5.74, 6) is 0.0882. The molecule has 1 saturated heterocycles. The summed E-state index contributed by atoms with van der Waals surface area (Å²) in [7, 11) is 0.107. The number of nitrogens with zero attached hydrogens (tertiary/aromatic N) is 1. The lowest BCUT2D eigenvalue weighted by Crippen LogP contribution is -2.62. The van der Waals surface area contributed by atoms with Crippen LogP contribution in [0.3, 0.4) is 0 Å². The Morgan fingerprint density at radius 2 is 1.89 bits per heavy atom. The second kappa shape index (κ2) is 10.9. The Morgan fingerprint density at radius 3 is 2.41 bits per heavy atom. The van der Waals surface area contributed by atoms with Crippen molar-refractivity contribution in [2.24, 2.45) is 0 Å². The highest BCUT2D eigenvalue weighted by Gasteiger charge is 2.40. The van der Waals surface area contributed by atoms with Gasteiger partial charge in [0.1, 0.15) is 0 Å². The van der Waals surface area contributed by atoms with Crippen molar-refractivity contribution in [1.82, 2.24) is 10.2 Å². The van der Waals surface area contributed by atoms with Gasteiger partial charge in [0.15, 0.2) is 0 Å². The summed E-state index contributed by atoms with van der Waals surface area (Å²) in [5.41, 5.74) is 0.0936. The number of unbranched alkanes of at least 4 members (excludes halogenated alkanes) is 1. The highest BCUT2D eigenvalue weighted by atomic mass is 32.2.